The smallest absolute Gasteiger partial charge is 0.227 e. The molecule has 0 saturated carbocycles. The van der Waals surface area contributed by atoms with Crippen molar-refractivity contribution in [2.45, 2.75) is 12.5 Å². The Morgan fingerprint density at radius 3 is 2.82 bits per heavy atom. The SMILES string of the molecule is COC(CN)CC(=O)Nc1cccc(F)c1.Cl. The first kappa shape index (κ1) is 15.8. The number of nitrogens with one attached hydrogen (secondary N) is 1. The minimum Gasteiger partial charge on any atom is -0.380 e. The van der Waals surface area contributed by atoms with E-state index in [2.05, 4.69) is 5.32 Å². The predicted octanol–water partition coefficient (Wildman–Crippen LogP) is 1.55. The molecule has 0 radical (unpaired) electrons. The number of nitrogens with two attached hydrogens (primary N) is 1. The molecule has 3 N–H and O–H groups in total. The number of carbonyl (C=O) groups excluding carboxylic acids is 1. The molecule has 0 bridgehead atoms. The molecule has 0 spiro atoms. The van der Waals surface area contributed by atoms with E-state index in [0.29, 0.717) is 5.69 Å². The zero-order valence-corrected chi connectivity index (χ0v) is 10.3. The number of ether oxygens (including phenoxy) is 1. The zero-order chi connectivity index (χ0) is 12.0. The first-order chi connectivity index (χ1) is 7.65. The van der Waals surface area contributed by atoms with Gasteiger partial charge in [0, 0.05) is 19.3 Å². The van der Waals surface area contributed by atoms with E-state index in [1.165, 1.54) is 25.3 Å². The topological polar surface area (TPSA) is 64.3 Å². The quantitative estimate of drug-likeness (QED) is 0.846. The Balaban J connectivity index is 0.00000256. The van der Waals surface area contributed by atoms with Crippen LogP contribution < -0.4 is 11.1 Å². The summed E-state index contributed by atoms with van der Waals surface area (Å²) in [5.74, 6) is -0.636. The van der Waals surface area contributed by atoms with Crippen LogP contribution in [0.5, 0.6) is 0 Å². The molecule has 0 heterocycles. The lowest BCUT2D eigenvalue weighted by Gasteiger charge is -2.12. The summed E-state index contributed by atoms with van der Waals surface area (Å²) < 4.78 is 17.8. The maximum atomic E-state index is 12.8. The van der Waals surface area contributed by atoms with E-state index in [9.17, 15) is 9.18 Å². The number of amides is 1. The van der Waals surface area contributed by atoms with E-state index in [-0.39, 0.29) is 43.2 Å². The van der Waals surface area contributed by atoms with Gasteiger partial charge in [0.2, 0.25) is 5.91 Å². The van der Waals surface area contributed by atoms with Crippen LogP contribution in [0.3, 0.4) is 0 Å². The van der Waals surface area contributed by atoms with E-state index in [0.717, 1.165) is 0 Å². The Labute approximate surface area is 106 Å². The number of hydrogen-bond donors (Lipinski definition) is 2. The Morgan fingerprint density at radius 1 is 1.59 bits per heavy atom. The summed E-state index contributed by atoms with van der Waals surface area (Å²) >= 11 is 0. The summed E-state index contributed by atoms with van der Waals surface area (Å²) in [5.41, 5.74) is 5.81. The van der Waals surface area contributed by atoms with E-state index in [1.807, 2.05) is 0 Å². The number of methoxy groups -OCH3 is 1. The van der Waals surface area contributed by atoms with E-state index < -0.39 is 0 Å². The Kier molecular flexibility index (Phi) is 7.45. The second kappa shape index (κ2) is 8.00. The molecule has 1 rings (SSSR count). The molecule has 1 aromatic rings. The largest absolute Gasteiger partial charge is 0.380 e. The molecule has 1 amide bonds. The molecule has 0 fully saturated rings. The fraction of sp³-hybridized carbons (Fsp3) is 0.364. The molecule has 17 heavy (non-hydrogen) atoms. The average molecular weight is 263 g/mol. The van der Waals surface area contributed by atoms with Crippen LogP contribution in [-0.4, -0.2) is 25.7 Å². The average Bonchev–Trinajstić information content (AvgIpc) is 2.26. The lowest BCUT2D eigenvalue weighted by molar-refractivity contribution is -0.118. The molecule has 1 atom stereocenters. The summed E-state index contributed by atoms with van der Waals surface area (Å²) in [6.07, 6.45) is -0.155. The van der Waals surface area contributed by atoms with Gasteiger partial charge in [0.05, 0.1) is 12.5 Å². The molecule has 1 aromatic carbocycles. The molecule has 0 saturated heterocycles. The van der Waals surface area contributed by atoms with Crippen LogP contribution in [0.1, 0.15) is 6.42 Å². The Bertz CT molecular complexity index is 359. The van der Waals surface area contributed by atoms with Crippen LogP contribution in [0.15, 0.2) is 24.3 Å². The normalized spacial score (nSPS) is 11.5. The van der Waals surface area contributed by atoms with Gasteiger partial charge in [-0.3, -0.25) is 4.79 Å². The van der Waals surface area contributed by atoms with Crippen molar-refractivity contribution in [2.75, 3.05) is 19.0 Å². The molecular formula is C11H16ClFN2O2. The maximum absolute atomic E-state index is 12.8. The van der Waals surface area contributed by atoms with Gasteiger partial charge in [-0.15, -0.1) is 12.4 Å². The third-order valence-corrected chi connectivity index (χ3v) is 2.12. The molecule has 4 nitrogen and oxygen atoms in total. The van der Waals surface area contributed by atoms with Crippen LogP contribution in [0.4, 0.5) is 10.1 Å². The fourth-order valence-corrected chi connectivity index (χ4v) is 1.25. The van der Waals surface area contributed by atoms with E-state index in [1.54, 1.807) is 6.07 Å². The Morgan fingerprint density at radius 2 is 2.29 bits per heavy atom. The first-order valence-corrected chi connectivity index (χ1v) is 4.94. The molecule has 1 unspecified atom stereocenters. The van der Waals surface area contributed by atoms with Crippen LogP contribution in [0.2, 0.25) is 0 Å². The number of rotatable bonds is 5. The lowest BCUT2D eigenvalue weighted by atomic mass is 10.2. The monoisotopic (exact) mass is 262 g/mol. The minimum absolute atomic E-state index is 0. The van der Waals surface area contributed by atoms with Crippen molar-refractivity contribution in [3.05, 3.63) is 30.1 Å². The summed E-state index contributed by atoms with van der Waals surface area (Å²) in [7, 11) is 1.49. The lowest BCUT2D eigenvalue weighted by Crippen LogP contribution is -2.28. The third kappa shape index (κ3) is 5.63. The molecule has 0 aliphatic heterocycles. The van der Waals surface area contributed by atoms with Crippen LogP contribution in [0.25, 0.3) is 0 Å². The standard InChI is InChI=1S/C11H15FN2O2.ClH/c1-16-10(7-13)6-11(15)14-9-4-2-3-8(12)5-9;/h2-5,10H,6-7,13H2,1H3,(H,14,15);1H. The molecule has 0 aromatic heterocycles. The zero-order valence-electron chi connectivity index (χ0n) is 9.48. The van der Waals surface area contributed by atoms with E-state index >= 15 is 0 Å². The third-order valence-electron chi connectivity index (χ3n) is 2.12. The molecular weight excluding hydrogens is 247 g/mol. The summed E-state index contributed by atoms with van der Waals surface area (Å²) in [5, 5.41) is 2.57. The first-order valence-electron chi connectivity index (χ1n) is 4.94. The highest BCUT2D eigenvalue weighted by Gasteiger charge is 2.11. The van der Waals surface area contributed by atoms with Gasteiger partial charge < -0.3 is 15.8 Å². The van der Waals surface area contributed by atoms with Crippen molar-refractivity contribution in [3.8, 4) is 0 Å². The van der Waals surface area contributed by atoms with E-state index in [4.69, 9.17) is 10.5 Å². The summed E-state index contributed by atoms with van der Waals surface area (Å²) in [4.78, 5) is 11.5. The van der Waals surface area contributed by atoms with Gasteiger partial charge in [0.15, 0.2) is 0 Å². The van der Waals surface area contributed by atoms with Crippen LogP contribution in [0, 0.1) is 5.82 Å². The van der Waals surface area contributed by atoms with Gasteiger partial charge in [-0.1, -0.05) is 6.07 Å². The molecule has 0 aliphatic carbocycles. The van der Waals surface area contributed by atoms with Gasteiger partial charge in [-0.05, 0) is 18.2 Å². The minimum atomic E-state index is -0.389. The van der Waals surface area contributed by atoms with Crippen molar-refractivity contribution in [3.63, 3.8) is 0 Å². The van der Waals surface area contributed by atoms with Gasteiger partial charge in [0.1, 0.15) is 5.82 Å². The van der Waals surface area contributed by atoms with Crippen molar-refractivity contribution < 1.29 is 13.9 Å². The number of benzene rings is 1. The fourth-order valence-electron chi connectivity index (χ4n) is 1.25. The second-order valence-corrected chi connectivity index (χ2v) is 3.36. The molecule has 96 valence electrons. The highest BCUT2D eigenvalue weighted by Crippen LogP contribution is 2.10. The highest BCUT2D eigenvalue weighted by atomic mass is 35.5. The van der Waals surface area contributed by atoms with Crippen molar-refractivity contribution in [2.24, 2.45) is 5.73 Å². The van der Waals surface area contributed by atoms with Gasteiger partial charge in [-0.25, -0.2) is 4.39 Å². The van der Waals surface area contributed by atoms with Crippen molar-refractivity contribution >= 4 is 24.0 Å². The number of hydrogen-bond acceptors (Lipinski definition) is 3. The number of carbonyl (C=O) groups is 1. The van der Waals surface area contributed by atoms with Gasteiger partial charge in [0.25, 0.3) is 0 Å². The van der Waals surface area contributed by atoms with Gasteiger partial charge in [-0.2, -0.15) is 0 Å². The molecule has 0 aliphatic rings. The van der Waals surface area contributed by atoms with Gasteiger partial charge >= 0.3 is 0 Å². The van der Waals surface area contributed by atoms with Crippen molar-refractivity contribution in [1.29, 1.82) is 0 Å². The van der Waals surface area contributed by atoms with Crippen LogP contribution in [-0.2, 0) is 9.53 Å². The number of halogens is 2. The maximum Gasteiger partial charge on any atom is 0.227 e. The summed E-state index contributed by atoms with van der Waals surface area (Å²) in [6.45, 7) is 0.271. The molecule has 6 heteroatoms. The second-order valence-electron chi connectivity index (χ2n) is 3.36. The van der Waals surface area contributed by atoms with Crippen LogP contribution >= 0.6 is 12.4 Å². The number of anilines is 1. The Hall–Kier alpha value is -1.17. The predicted molar refractivity (Wildman–Crippen MR) is 66.7 cm³/mol. The van der Waals surface area contributed by atoms with Crippen molar-refractivity contribution in [1.82, 2.24) is 0 Å². The highest BCUT2D eigenvalue weighted by molar-refractivity contribution is 5.91. The summed E-state index contributed by atoms with van der Waals surface area (Å²) in [6, 6.07) is 5.71.